The molecule has 0 radical (unpaired) electrons. The van der Waals surface area contributed by atoms with Gasteiger partial charge in [0, 0.05) is 19.1 Å². The van der Waals surface area contributed by atoms with Crippen LogP contribution in [0.2, 0.25) is 0 Å². The van der Waals surface area contributed by atoms with Gasteiger partial charge in [0.05, 0.1) is 5.92 Å². The van der Waals surface area contributed by atoms with E-state index in [1.165, 1.54) is 0 Å². The van der Waals surface area contributed by atoms with Crippen molar-refractivity contribution in [2.45, 2.75) is 52.1 Å². The Morgan fingerprint density at radius 1 is 1.28 bits per heavy atom. The van der Waals surface area contributed by atoms with Gasteiger partial charge in [-0.05, 0) is 25.7 Å². The second-order valence-electron chi connectivity index (χ2n) is 5.53. The lowest BCUT2D eigenvalue weighted by molar-refractivity contribution is -0.142. The van der Waals surface area contributed by atoms with Crippen molar-refractivity contribution in [3.63, 3.8) is 0 Å². The first-order valence-electron chi connectivity index (χ1n) is 6.60. The Morgan fingerprint density at radius 3 is 2.39 bits per heavy atom. The highest BCUT2D eigenvalue weighted by Crippen LogP contribution is 2.26. The summed E-state index contributed by atoms with van der Waals surface area (Å²) in [6.07, 6.45) is 2.28. The lowest BCUT2D eigenvalue weighted by Gasteiger charge is -2.30. The summed E-state index contributed by atoms with van der Waals surface area (Å²) in [5, 5.41) is 11.9. The maximum atomic E-state index is 12.0. The minimum Gasteiger partial charge on any atom is -0.481 e. The van der Waals surface area contributed by atoms with Gasteiger partial charge in [-0.2, -0.15) is 0 Å². The summed E-state index contributed by atoms with van der Waals surface area (Å²) >= 11 is 0. The molecular weight excluding hydrogens is 232 g/mol. The first-order valence-corrected chi connectivity index (χ1v) is 6.60. The summed E-state index contributed by atoms with van der Waals surface area (Å²) in [6.45, 7) is 6.11. The molecule has 18 heavy (non-hydrogen) atoms. The molecule has 1 saturated carbocycles. The molecule has 2 N–H and O–H groups in total. The van der Waals surface area contributed by atoms with Crippen molar-refractivity contribution >= 4 is 12.0 Å². The van der Waals surface area contributed by atoms with Gasteiger partial charge in [-0.3, -0.25) is 4.79 Å². The Labute approximate surface area is 109 Å². The van der Waals surface area contributed by atoms with E-state index in [2.05, 4.69) is 19.2 Å². The Morgan fingerprint density at radius 2 is 1.89 bits per heavy atom. The molecule has 3 unspecified atom stereocenters. The van der Waals surface area contributed by atoms with E-state index in [0.29, 0.717) is 12.3 Å². The number of carboxylic acid groups (broad SMARTS) is 1. The molecule has 1 fully saturated rings. The number of hydrogen-bond acceptors (Lipinski definition) is 2. The predicted octanol–water partition coefficient (Wildman–Crippen LogP) is 1.93. The number of rotatable bonds is 4. The van der Waals surface area contributed by atoms with E-state index >= 15 is 0 Å². The Balaban J connectivity index is 2.56. The largest absolute Gasteiger partial charge is 0.481 e. The molecule has 0 saturated heterocycles. The Bertz CT molecular complexity index is 317. The molecule has 0 aliphatic heterocycles. The molecule has 0 aromatic heterocycles. The fourth-order valence-corrected chi connectivity index (χ4v) is 2.32. The van der Waals surface area contributed by atoms with Crippen LogP contribution in [0.3, 0.4) is 0 Å². The lowest BCUT2D eigenvalue weighted by atomic mass is 10.0. The average Bonchev–Trinajstić information content (AvgIpc) is 2.74. The van der Waals surface area contributed by atoms with Crippen molar-refractivity contribution in [3.05, 3.63) is 0 Å². The van der Waals surface area contributed by atoms with Gasteiger partial charge in [0.2, 0.25) is 0 Å². The summed E-state index contributed by atoms with van der Waals surface area (Å²) in [4.78, 5) is 24.7. The summed E-state index contributed by atoms with van der Waals surface area (Å²) in [5.74, 6) is -0.867. The minimum atomic E-state index is -0.808. The van der Waals surface area contributed by atoms with Crippen LogP contribution in [0.25, 0.3) is 0 Å². The van der Waals surface area contributed by atoms with Crippen LogP contribution >= 0.6 is 0 Å². The second kappa shape index (κ2) is 6.07. The molecule has 0 heterocycles. The standard InChI is InChI=1S/C13H24N2O3/c1-8(2)9(3)15(4)13(18)14-11-7-5-6-10(11)12(16)17/h8-11H,5-7H2,1-4H3,(H,14,18)(H,16,17). The van der Waals surface area contributed by atoms with Crippen molar-refractivity contribution in [2.24, 2.45) is 11.8 Å². The number of carbonyl (C=O) groups excluding carboxylic acids is 1. The van der Waals surface area contributed by atoms with Crippen LogP contribution in [0, 0.1) is 11.8 Å². The molecule has 1 aliphatic carbocycles. The number of hydrogen-bond donors (Lipinski definition) is 2. The van der Waals surface area contributed by atoms with Crippen LogP contribution in [0.4, 0.5) is 4.79 Å². The molecule has 3 atom stereocenters. The second-order valence-corrected chi connectivity index (χ2v) is 5.53. The quantitative estimate of drug-likeness (QED) is 0.807. The molecule has 104 valence electrons. The van der Waals surface area contributed by atoms with E-state index < -0.39 is 11.9 Å². The molecule has 0 aromatic rings. The number of aliphatic carboxylic acids is 1. The first kappa shape index (κ1) is 14.8. The molecule has 2 amide bonds. The molecule has 5 nitrogen and oxygen atoms in total. The molecule has 5 heteroatoms. The van der Waals surface area contributed by atoms with E-state index in [9.17, 15) is 9.59 Å². The summed E-state index contributed by atoms with van der Waals surface area (Å²) in [5.41, 5.74) is 0. The highest BCUT2D eigenvalue weighted by molar-refractivity contribution is 5.77. The van der Waals surface area contributed by atoms with Crippen molar-refractivity contribution in [3.8, 4) is 0 Å². The van der Waals surface area contributed by atoms with Crippen LogP contribution in [-0.2, 0) is 4.79 Å². The zero-order chi connectivity index (χ0) is 13.9. The number of carboxylic acids is 1. The SMILES string of the molecule is CC(C)C(C)N(C)C(=O)NC1CCCC1C(=O)O. The van der Waals surface area contributed by atoms with E-state index in [-0.39, 0.29) is 18.1 Å². The maximum Gasteiger partial charge on any atom is 0.317 e. The van der Waals surface area contributed by atoms with Gasteiger partial charge in [-0.1, -0.05) is 20.3 Å². The van der Waals surface area contributed by atoms with Crippen LogP contribution in [0.5, 0.6) is 0 Å². The number of nitrogens with zero attached hydrogens (tertiary/aromatic N) is 1. The zero-order valence-corrected chi connectivity index (χ0v) is 11.6. The van der Waals surface area contributed by atoms with Crippen molar-refractivity contribution in [2.75, 3.05) is 7.05 Å². The Kier molecular flexibility index (Phi) is 4.99. The number of amides is 2. The fourth-order valence-electron chi connectivity index (χ4n) is 2.32. The van der Waals surface area contributed by atoms with Gasteiger partial charge < -0.3 is 15.3 Å². The molecule has 1 rings (SSSR count). The van der Waals surface area contributed by atoms with Crippen molar-refractivity contribution in [1.82, 2.24) is 10.2 Å². The van der Waals surface area contributed by atoms with E-state index in [1.54, 1.807) is 11.9 Å². The number of nitrogens with one attached hydrogen (secondary N) is 1. The smallest absolute Gasteiger partial charge is 0.317 e. The molecule has 0 bridgehead atoms. The van der Waals surface area contributed by atoms with Crippen LogP contribution in [-0.4, -0.2) is 41.1 Å². The van der Waals surface area contributed by atoms with E-state index in [1.807, 2.05) is 6.92 Å². The highest BCUT2D eigenvalue weighted by atomic mass is 16.4. The number of urea groups is 1. The van der Waals surface area contributed by atoms with Crippen LogP contribution < -0.4 is 5.32 Å². The van der Waals surface area contributed by atoms with Gasteiger partial charge in [-0.15, -0.1) is 0 Å². The van der Waals surface area contributed by atoms with Gasteiger partial charge in [0.25, 0.3) is 0 Å². The lowest BCUT2D eigenvalue weighted by Crippen LogP contribution is -2.49. The third kappa shape index (κ3) is 3.37. The number of carbonyl (C=O) groups is 2. The third-order valence-corrected chi connectivity index (χ3v) is 4.04. The summed E-state index contributed by atoms with van der Waals surface area (Å²) < 4.78 is 0. The van der Waals surface area contributed by atoms with Gasteiger partial charge in [-0.25, -0.2) is 4.79 Å². The maximum absolute atomic E-state index is 12.0. The van der Waals surface area contributed by atoms with Gasteiger partial charge >= 0.3 is 12.0 Å². The summed E-state index contributed by atoms with van der Waals surface area (Å²) in [7, 11) is 1.75. The normalized spacial score (nSPS) is 24.9. The molecule has 0 aromatic carbocycles. The summed E-state index contributed by atoms with van der Waals surface area (Å²) in [6, 6.07) is -0.263. The van der Waals surface area contributed by atoms with Gasteiger partial charge in [0.15, 0.2) is 0 Å². The van der Waals surface area contributed by atoms with Crippen LogP contribution in [0.15, 0.2) is 0 Å². The van der Waals surface area contributed by atoms with Crippen LogP contribution in [0.1, 0.15) is 40.0 Å². The average molecular weight is 256 g/mol. The van der Waals surface area contributed by atoms with E-state index in [0.717, 1.165) is 12.8 Å². The molecule has 1 aliphatic rings. The minimum absolute atomic E-state index is 0.134. The highest BCUT2D eigenvalue weighted by Gasteiger charge is 2.34. The predicted molar refractivity (Wildman–Crippen MR) is 69.4 cm³/mol. The monoisotopic (exact) mass is 256 g/mol. The van der Waals surface area contributed by atoms with Gasteiger partial charge in [0.1, 0.15) is 0 Å². The Hall–Kier alpha value is -1.26. The van der Waals surface area contributed by atoms with E-state index in [4.69, 9.17) is 5.11 Å². The first-order chi connectivity index (χ1) is 8.34. The van der Waals surface area contributed by atoms with Crippen molar-refractivity contribution in [1.29, 1.82) is 0 Å². The molecule has 0 spiro atoms. The third-order valence-electron chi connectivity index (χ3n) is 4.04. The molecular formula is C13H24N2O3. The topological polar surface area (TPSA) is 69.6 Å². The fraction of sp³-hybridized carbons (Fsp3) is 0.846. The van der Waals surface area contributed by atoms with Crippen molar-refractivity contribution < 1.29 is 14.7 Å². The zero-order valence-electron chi connectivity index (χ0n) is 11.6.